The van der Waals surface area contributed by atoms with E-state index in [2.05, 4.69) is 0 Å². The van der Waals surface area contributed by atoms with Crippen molar-refractivity contribution in [2.24, 2.45) is 0 Å². The zero-order valence-corrected chi connectivity index (χ0v) is 11.4. The van der Waals surface area contributed by atoms with E-state index in [1.165, 1.54) is 7.11 Å². The molecule has 1 aromatic carbocycles. The van der Waals surface area contributed by atoms with Gasteiger partial charge in [-0.05, 0) is 30.9 Å². The van der Waals surface area contributed by atoms with Crippen molar-refractivity contribution in [2.45, 2.75) is 44.4 Å². The van der Waals surface area contributed by atoms with Crippen LogP contribution in [0.3, 0.4) is 0 Å². The van der Waals surface area contributed by atoms with E-state index in [1.54, 1.807) is 6.07 Å². The summed E-state index contributed by atoms with van der Waals surface area (Å²) in [5, 5.41) is 20.1. The SMILES string of the molecule is CCc1ccc(OC)c(O)c1C1(C(=O)O)CCCC1. The van der Waals surface area contributed by atoms with Gasteiger partial charge in [-0.15, -0.1) is 0 Å². The highest BCUT2D eigenvalue weighted by molar-refractivity contribution is 5.84. The summed E-state index contributed by atoms with van der Waals surface area (Å²) in [4.78, 5) is 11.8. The van der Waals surface area contributed by atoms with Crippen molar-refractivity contribution in [3.63, 3.8) is 0 Å². The number of carboxylic acid groups (broad SMARTS) is 1. The lowest BCUT2D eigenvalue weighted by atomic mass is 9.75. The van der Waals surface area contributed by atoms with Crippen molar-refractivity contribution in [1.29, 1.82) is 0 Å². The van der Waals surface area contributed by atoms with E-state index in [9.17, 15) is 15.0 Å². The molecule has 4 heteroatoms. The topological polar surface area (TPSA) is 66.8 Å². The normalized spacial score (nSPS) is 17.4. The largest absolute Gasteiger partial charge is 0.504 e. The summed E-state index contributed by atoms with van der Waals surface area (Å²) in [6.07, 6.45) is 3.62. The minimum Gasteiger partial charge on any atom is -0.504 e. The summed E-state index contributed by atoms with van der Waals surface area (Å²) in [7, 11) is 1.48. The first kappa shape index (κ1) is 13.7. The summed E-state index contributed by atoms with van der Waals surface area (Å²) in [6, 6.07) is 3.55. The molecule has 0 heterocycles. The van der Waals surface area contributed by atoms with E-state index in [0.29, 0.717) is 30.6 Å². The zero-order chi connectivity index (χ0) is 14.0. The summed E-state index contributed by atoms with van der Waals surface area (Å²) in [6.45, 7) is 1.97. The smallest absolute Gasteiger partial charge is 0.314 e. The summed E-state index contributed by atoms with van der Waals surface area (Å²) < 4.78 is 5.13. The Hall–Kier alpha value is -1.71. The molecule has 0 aromatic heterocycles. The lowest BCUT2D eigenvalue weighted by molar-refractivity contribution is -0.143. The van der Waals surface area contributed by atoms with Crippen LogP contribution in [0, 0.1) is 0 Å². The number of rotatable bonds is 4. The van der Waals surface area contributed by atoms with Crippen LogP contribution in [0.5, 0.6) is 11.5 Å². The van der Waals surface area contributed by atoms with Crippen molar-refractivity contribution in [2.75, 3.05) is 7.11 Å². The van der Waals surface area contributed by atoms with Gasteiger partial charge in [-0.25, -0.2) is 0 Å². The van der Waals surface area contributed by atoms with Gasteiger partial charge in [0.2, 0.25) is 0 Å². The molecule has 0 unspecified atom stereocenters. The van der Waals surface area contributed by atoms with E-state index >= 15 is 0 Å². The van der Waals surface area contributed by atoms with Gasteiger partial charge in [0.25, 0.3) is 0 Å². The fourth-order valence-corrected chi connectivity index (χ4v) is 3.16. The van der Waals surface area contributed by atoms with E-state index < -0.39 is 11.4 Å². The van der Waals surface area contributed by atoms with Crippen LogP contribution >= 0.6 is 0 Å². The van der Waals surface area contributed by atoms with Crippen LogP contribution in [-0.2, 0) is 16.6 Å². The van der Waals surface area contributed by atoms with E-state index in [4.69, 9.17) is 4.74 Å². The summed E-state index contributed by atoms with van der Waals surface area (Å²) >= 11 is 0. The Morgan fingerprint density at radius 1 is 1.37 bits per heavy atom. The zero-order valence-electron chi connectivity index (χ0n) is 11.4. The number of phenols is 1. The molecule has 0 atom stereocenters. The molecule has 0 saturated heterocycles. The van der Waals surface area contributed by atoms with Crippen LogP contribution in [0.25, 0.3) is 0 Å². The number of methoxy groups -OCH3 is 1. The van der Waals surface area contributed by atoms with Gasteiger partial charge in [0.05, 0.1) is 12.5 Å². The average Bonchev–Trinajstić information content (AvgIpc) is 2.88. The van der Waals surface area contributed by atoms with E-state index in [0.717, 1.165) is 18.4 Å². The summed E-state index contributed by atoms with van der Waals surface area (Å²) in [5.41, 5.74) is 0.492. The number of hydrogen-bond donors (Lipinski definition) is 2. The Balaban J connectivity index is 2.67. The molecule has 2 N–H and O–H groups in total. The molecular weight excluding hydrogens is 244 g/mol. The second-order valence-electron chi connectivity index (χ2n) is 5.10. The van der Waals surface area contributed by atoms with Crippen molar-refractivity contribution < 1.29 is 19.7 Å². The number of hydrogen-bond acceptors (Lipinski definition) is 3. The monoisotopic (exact) mass is 264 g/mol. The predicted octanol–water partition coefficient (Wildman–Crippen LogP) is 2.86. The predicted molar refractivity (Wildman–Crippen MR) is 71.8 cm³/mol. The third kappa shape index (κ3) is 2.05. The lowest BCUT2D eigenvalue weighted by Gasteiger charge is -2.28. The Morgan fingerprint density at radius 2 is 2.00 bits per heavy atom. The van der Waals surface area contributed by atoms with Crippen LogP contribution in [0.1, 0.15) is 43.7 Å². The third-order valence-electron chi connectivity index (χ3n) is 4.17. The fraction of sp³-hybridized carbons (Fsp3) is 0.533. The first-order valence-corrected chi connectivity index (χ1v) is 6.69. The van der Waals surface area contributed by atoms with Crippen molar-refractivity contribution in [3.05, 3.63) is 23.3 Å². The van der Waals surface area contributed by atoms with Crippen LogP contribution in [0.2, 0.25) is 0 Å². The summed E-state index contributed by atoms with van der Waals surface area (Å²) in [5.74, 6) is -0.505. The Bertz CT molecular complexity index is 487. The number of phenolic OH excluding ortho intramolecular Hbond substituents is 1. The molecule has 1 aromatic rings. The van der Waals surface area contributed by atoms with Crippen LogP contribution in [0.15, 0.2) is 12.1 Å². The van der Waals surface area contributed by atoms with Crippen LogP contribution < -0.4 is 4.74 Å². The Labute approximate surface area is 113 Å². The maximum atomic E-state index is 11.8. The van der Waals surface area contributed by atoms with Gasteiger partial charge in [-0.2, -0.15) is 0 Å². The Kier molecular flexibility index (Phi) is 3.69. The molecule has 1 fully saturated rings. The second kappa shape index (κ2) is 5.11. The quantitative estimate of drug-likeness (QED) is 0.877. The number of carbonyl (C=O) groups is 1. The Morgan fingerprint density at radius 3 is 2.47 bits per heavy atom. The van der Waals surface area contributed by atoms with Gasteiger partial charge in [0, 0.05) is 5.56 Å². The first-order chi connectivity index (χ1) is 9.06. The standard InChI is InChI=1S/C15H20O4/c1-3-10-6-7-11(19-2)13(16)12(10)15(14(17)18)8-4-5-9-15/h6-7,16H,3-5,8-9H2,1-2H3,(H,17,18). The lowest BCUT2D eigenvalue weighted by Crippen LogP contribution is -2.33. The number of aryl methyl sites for hydroxylation is 1. The molecule has 0 radical (unpaired) electrons. The van der Waals surface area contributed by atoms with Crippen molar-refractivity contribution >= 4 is 5.97 Å². The van der Waals surface area contributed by atoms with Crippen molar-refractivity contribution in [1.82, 2.24) is 0 Å². The van der Waals surface area contributed by atoms with E-state index in [-0.39, 0.29) is 5.75 Å². The highest BCUT2D eigenvalue weighted by Crippen LogP contribution is 2.49. The molecule has 19 heavy (non-hydrogen) atoms. The number of benzene rings is 1. The third-order valence-corrected chi connectivity index (χ3v) is 4.17. The number of aliphatic carboxylic acids is 1. The highest BCUT2D eigenvalue weighted by atomic mass is 16.5. The number of ether oxygens (including phenoxy) is 1. The molecule has 0 spiro atoms. The molecule has 0 bridgehead atoms. The molecule has 2 rings (SSSR count). The number of carboxylic acids is 1. The molecule has 0 aliphatic heterocycles. The molecule has 4 nitrogen and oxygen atoms in total. The van der Waals surface area contributed by atoms with Gasteiger partial charge in [-0.3, -0.25) is 4.79 Å². The number of aromatic hydroxyl groups is 1. The fourth-order valence-electron chi connectivity index (χ4n) is 3.16. The molecule has 1 saturated carbocycles. The van der Waals surface area contributed by atoms with Gasteiger partial charge in [0.15, 0.2) is 11.5 Å². The molecular formula is C15H20O4. The van der Waals surface area contributed by atoms with Crippen molar-refractivity contribution in [3.8, 4) is 11.5 Å². The van der Waals surface area contributed by atoms with Gasteiger partial charge in [0.1, 0.15) is 0 Å². The van der Waals surface area contributed by atoms with Crippen LogP contribution in [-0.4, -0.2) is 23.3 Å². The maximum Gasteiger partial charge on any atom is 0.314 e. The minimum absolute atomic E-state index is 0.00819. The minimum atomic E-state index is -0.954. The van der Waals surface area contributed by atoms with Gasteiger partial charge < -0.3 is 14.9 Å². The van der Waals surface area contributed by atoms with E-state index in [1.807, 2.05) is 13.0 Å². The second-order valence-corrected chi connectivity index (χ2v) is 5.10. The first-order valence-electron chi connectivity index (χ1n) is 6.69. The van der Waals surface area contributed by atoms with Gasteiger partial charge >= 0.3 is 5.97 Å². The highest BCUT2D eigenvalue weighted by Gasteiger charge is 2.46. The molecule has 0 amide bonds. The maximum absolute atomic E-state index is 11.8. The molecule has 1 aliphatic rings. The van der Waals surface area contributed by atoms with Crippen LogP contribution in [0.4, 0.5) is 0 Å². The van der Waals surface area contributed by atoms with Gasteiger partial charge in [-0.1, -0.05) is 25.8 Å². The molecule has 1 aliphatic carbocycles. The average molecular weight is 264 g/mol. The molecule has 104 valence electrons.